The van der Waals surface area contributed by atoms with Crippen LogP contribution in [0.1, 0.15) is 95.7 Å². The van der Waals surface area contributed by atoms with Gasteiger partial charge in [0.15, 0.2) is 10.8 Å². The van der Waals surface area contributed by atoms with Gasteiger partial charge in [-0.2, -0.15) is 10.2 Å². The average molecular weight is 438 g/mol. The van der Waals surface area contributed by atoms with E-state index in [0.29, 0.717) is 10.8 Å². The fourth-order valence-electron chi connectivity index (χ4n) is 3.77. The van der Waals surface area contributed by atoms with Crippen LogP contribution in [0.5, 0.6) is 0 Å². The lowest BCUT2D eigenvalue weighted by Crippen LogP contribution is -2.01. The molecule has 0 saturated carbocycles. The summed E-state index contributed by atoms with van der Waals surface area (Å²) in [6.07, 6.45) is 17.3. The highest BCUT2D eigenvalue weighted by Crippen LogP contribution is 2.24. The van der Waals surface area contributed by atoms with Crippen molar-refractivity contribution in [2.75, 3.05) is 0 Å². The molecule has 0 saturated heterocycles. The van der Waals surface area contributed by atoms with E-state index in [0.717, 1.165) is 37.1 Å². The molecule has 0 N–H and O–H groups in total. The Hall–Kier alpha value is -1.38. The number of halogens is 2. The zero-order chi connectivity index (χ0) is 20.9. The second kappa shape index (κ2) is 13.8. The molecule has 0 fully saturated rings. The van der Waals surface area contributed by atoms with E-state index in [2.05, 4.69) is 25.6 Å². The molecule has 0 aromatic carbocycles. The van der Waals surface area contributed by atoms with Gasteiger partial charge >= 0.3 is 0 Å². The van der Waals surface area contributed by atoms with E-state index in [4.69, 9.17) is 28.5 Å². The van der Waals surface area contributed by atoms with Crippen molar-refractivity contribution in [2.24, 2.45) is 0 Å². The van der Waals surface area contributed by atoms with Gasteiger partial charge in [-0.15, -0.1) is 0 Å². The number of hydrogen-bond donors (Lipinski definition) is 0. The van der Waals surface area contributed by atoms with Crippen molar-refractivity contribution in [3.05, 3.63) is 16.3 Å². The average Bonchev–Trinajstić information content (AvgIpc) is 3.00. The summed E-state index contributed by atoms with van der Waals surface area (Å²) in [6.45, 7) is 2.86. The molecule has 0 aliphatic heterocycles. The fraction of sp³-hybridized carbons (Fsp3) is 0.727. The number of aromatic nitrogens is 4. The lowest BCUT2D eigenvalue weighted by atomic mass is 10.0. The first-order valence-electron chi connectivity index (χ1n) is 11.1. The van der Waals surface area contributed by atoms with Crippen molar-refractivity contribution >= 4 is 34.4 Å². The lowest BCUT2D eigenvalue weighted by Gasteiger charge is -2.07. The number of nitrogens with zero attached hydrogens (tertiary/aromatic N) is 5. The molecule has 160 valence electrons. The fourth-order valence-corrected chi connectivity index (χ4v) is 4.24. The number of imidazole rings is 1. The van der Waals surface area contributed by atoms with Crippen LogP contribution in [0.3, 0.4) is 0 Å². The van der Waals surface area contributed by atoms with Crippen LogP contribution in [0, 0.1) is 18.3 Å². The van der Waals surface area contributed by atoms with Gasteiger partial charge in [0.1, 0.15) is 11.3 Å². The third kappa shape index (κ3) is 8.48. The van der Waals surface area contributed by atoms with E-state index >= 15 is 0 Å². The molecule has 7 heteroatoms. The van der Waals surface area contributed by atoms with Crippen LogP contribution >= 0.6 is 23.2 Å². The minimum absolute atomic E-state index is 0.141. The molecule has 0 unspecified atom stereocenters. The third-order valence-electron chi connectivity index (χ3n) is 5.39. The summed E-state index contributed by atoms with van der Waals surface area (Å²) in [5.74, 6) is 0.906. The molecule has 0 bridgehead atoms. The van der Waals surface area contributed by atoms with Gasteiger partial charge in [-0.1, -0.05) is 82.2 Å². The van der Waals surface area contributed by atoms with E-state index in [9.17, 15) is 0 Å². The zero-order valence-electron chi connectivity index (χ0n) is 17.6. The van der Waals surface area contributed by atoms with Gasteiger partial charge < -0.3 is 4.57 Å². The molecule has 0 atom stereocenters. The first-order chi connectivity index (χ1) is 14.1. The van der Waals surface area contributed by atoms with Gasteiger partial charge in [0.05, 0.1) is 6.07 Å². The van der Waals surface area contributed by atoms with Crippen molar-refractivity contribution in [2.45, 2.75) is 103 Å². The van der Waals surface area contributed by atoms with Gasteiger partial charge in [0.25, 0.3) is 0 Å². The van der Waals surface area contributed by atoms with Crippen molar-refractivity contribution in [3.8, 4) is 6.07 Å². The molecule has 2 aromatic rings. The second-order valence-corrected chi connectivity index (χ2v) is 8.47. The third-order valence-corrected chi connectivity index (χ3v) is 5.83. The number of aryl methyl sites for hydroxylation is 2. The van der Waals surface area contributed by atoms with E-state index in [1.807, 2.05) is 6.92 Å². The molecular formula is C22H33Cl2N5. The maximum absolute atomic E-state index is 8.50. The molecule has 0 spiro atoms. The molecular weight excluding hydrogens is 405 g/mol. The molecule has 0 aliphatic carbocycles. The second-order valence-electron chi connectivity index (χ2n) is 7.77. The van der Waals surface area contributed by atoms with Gasteiger partial charge in [0.2, 0.25) is 5.28 Å². The Bertz CT molecular complexity index is 782. The number of nitriles is 1. The SMILES string of the molecule is Cc1nc2nc(Cl)nc(Cl)c2n1CCCCCCCCCCCCCCCC#N. The number of rotatable bonds is 15. The maximum Gasteiger partial charge on any atom is 0.225 e. The van der Waals surface area contributed by atoms with Crippen molar-refractivity contribution < 1.29 is 0 Å². The van der Waals surface area contributed by atoms with Crippen LogP contribution in [0.2, 0.25) is 10.4 Å². The smallest absolute Gasteiger partial charge is 0.225 e. The molecule has 0 amide bonds. The van der Waals surface area contributed by atoms with Crippen LogP contribution in [0.4, 0.5) is 0 Å². The van der Waals surface area contributed by atoms with E-state index in [1.165, 1.54) is 70.6 Å². The Morgan fingerprint density at radius 1 is 0.759 bits per heavy atom. The summed E-state index contributed by atoms with van der Waals surface area (Å²) in [7, 11) is 0. The van der Waals surface area contributed by atoms with Gasteiger partial charge in [-0.3, -0.25) is 0 Å². The normalized spacial score (nSPS) is 11.2. The summed E-state index contributed by atoms with van der Waals surface area (Å²) in [5, 5.41) is 9.02. The molecule has 2 rings (SSSR count). The Labute approximate surface area is 184 Å². The van der Waals surface area contributed by atoms with Crippen molar-refractivity contribution in [3.63, 3.8) is 0 Å². The topological polar surface area (TPSA) is 67.4 Å². The standard InChI is InChI=1S/C22H33Cl2N5/c1-18-26-21-19(20(23)27-22(24)28-21)29(18)17-15-13-11-9-7-5-3-2-4-6-8-10-12-14-16-25/h2-15,17H2,1H3. The zero-order valence-corrected chi connectivity index (χ0v) is 19.1. The summed E-state index contributed by atoms with van der Waals surface area (Å²) in [6, 6.07) is 2.21. The van der Waals surface area contributed by atoms with Gasteiger partial charge in [-0.25, -0.2) is 9.97 Å². The lowest BCUT2D eigenvalue weighted by molar-refractivity contribution is 0.525. The minimum atomic E-state index is 0.141. The Morgan fingerprint density at radius 3 is 1.83 bits per heavy atom. The van der Waals surface area contributed by atoms with Crippen molar-refractivity contribution in [1.29, 1.82) is 5.26 Å². The highest BCUT2D eigenvalue weighted by Gasteiger charge is 2.14. The summed E-state index contributed by atoms with van der Waals surface area (Å²) >= 11 is 12.1. The van der Waals surface area contributed by atoms with Crippen molar-refractivity contribution in [1.82, 2.24) is 19.5 Å². The first-order valence-corrected chi connectivity index (χ1v) is 11.8. The van der Waals surface area contributed by atoms with Crippen LogP contribution in [0.25, 0.3) is 11.2 Å². The molecule has 5 nitrogen and oxygen atoms in total. The Balaban J connectivity index is 1.49. The number of hydrogen-bond acceptors (Lipinski definition) is 4. The maximum atomic E-state index is 8.50. The molecule has 0 aliphatic rings. The van der Waals surface area contributed by atoms with E-state index < -0.39 is 0 Å². The van der Waals surface area contributed by atoms with E-state index in [1.54, 1.807) is 0 Å². The van der Waals surface area contributed by atoms with Crippen LogP contribution in [-0.4, -0.2) is 19.5 Å². The van der Waals surface area contributed by atoms with Crippen LogP contribution in [-0.2, 0) is 6.54 Å². The predicted octanol–water partition coefficient (Wildman–Crippen LogP) is 7.43. The largest absolute Gasteiger partial charge is 0.324 e. The molecule has 29 heavy (non-hydrogen) atoms. The summed E-state index contributed by atoms with van der Waals surface area (Å²) in [5.41, 5.74) is 1.37. The minimum Gasteiger partial charge on any atom is -0.324 e. The quantitative estimate of drug-likeness (QED) is 0.165. The number of fused-ring (bicyclic) bond motifs is 1. The first kappa shape index (κ1) is 23.9. The summed E-state index contributed by atoms with van der Waals surface area (Å²) in [4.78, 5) is 12.7. The predicted molar refractivity (Wildman–Crippen MR) is 120 cm³/mol. The van der Waals surface area contributed by atoms with Gasteiger partial charge in [0, 0.05) is 13.0 Å². The Kier molecular flexibility index (Phi) is 11.3. The highest BCUT2D eigenvalue weighted by molar-refractivity contribution is 6.35. The highest BCUT2D eigenvalue weighted by atomic mass is 35.5. The monoisotopic (exact) mass is 437 g/mol. The Morgan fingerprint density at radius 2 is 1.28 bits per heavy atom. The van der Waals surface area contributed by atoms with Crippen LogP contribution in [0.15, 0.2) is 0 Å². The molecule has 2 heterocycles. The van der Waals surface area contributed by atoms with E-state index in [-0.39, 0.29) is 5.28 Å². The van der Waals surface area contributed by atoms with Gasteiger partial charge in [-0.05, 0) is 31.4 Å². The van der Waals surface area contributed by atoms with Crippen LogP contribution < -0.4 is 0 Å². The number of unbranched alkanes of at least 4 members (excludes halogenated alkanes) is 13. The molecule has 0 radical (unpaired) electrons. The summed E-state index contributed by atoms with van der Waals surface area (Å²) < 4.78 is 2.11. The molecule has 2 aromatic heterocycles.